The van der Waals surface area contributed by atoms with Crippen molar-refractivity contribution < 1.29 is 13.9 Å². The normalized spacial score (nSPS) is 15.7. The number of amides is 1. The lowest BCUT2D eigenvalue weighted by Gasteiger charge is -2.36. The fourth-order valence-electron chi connectivity index (χ4n) is 4.60. The molecule has 0 radical (unpaired) electrons. The molecule has 3 nitrogen and oxygen atoms in total. The number of methoxy groups -OCH3 is 1. The van der Waals surface area contributed by atoms with Crippen molar-refractivity contribution in [3.8, 4) is 5.75 Å². The summed E-state index contributed by atoms with van der Waals surface area (Å²) in [7, 11) is 1.65. The molecule has 4 heteroatoms. The van der Waals surface area contributed by atoms with E-state index in [0.717, 1.165) is 33.3 Å². The molecule has 0 bridgehead atoms. The van der Waals surface area contributed by atoms with Crippen LogP contribution >= 0.6 is 0 Å². The molecular formula is C27H22FNO2. The first-order valence-electron chi connectivity index (χ1n) is 10.4. The van der Waals surface area contributed by atoms with Crippen molar-refractivity contribution in [2.75, 3.05) is 12.0 Å². The van der Waals surface area contributed by atoms with E-state index in [1.807, 2.05) is 48.5 Å². The molecule has 1 aliphatic rings. The van der Waals surface area contributed by atoms with Gasteiger partial charge in [-0.3, -0.25) is 4.79 Å². The molecule has 31 heavy (non-hydrogen) atoms. The van der Waals surface area contributed by atoms with Gasteiger partial charge >= 0.3 is 0 Å². The zero-order valence-electron chi connectivity index (χ0n) is 17.2. The third-order valence-corrected chi connectivity index (χ3v) is 6.07. The molecule has 1 unspecified atom stereocenters. The fourth-order valence-corrected chi connectivity index (χ4v) is 4.60. The molecule has 4 aromatic rings. The van der Waals surface area contributed by atoms with E-state index in [2.05, 4.69) is 12.1 Å². The summed E-state index contributed by atoms with van der Waals surface area (Å²) in [5.74, 6) is 0.301. The number of para-hydroxylation sites is 1. The summed E-state index contributed by atoms with van der Waals surface area (Å²) < 4.78 is 20.0. The van der Waals surface area contributed by atoms with E-state index in [1.54, 1.807) is 30.2 Å². The number of rotatable bonds is 4. The number of nitrogens with zero attached hydrogens (tertiary/aromatic N) is 1. The van der Waals surface area contributed by atoms with Gasteiger partial charge < -0.3 is 9.64 Å². The second-order valence-corrected chi connectivity index (χ2v) is 7.79. The SMILES string of the molecule is COc1ccccc1C1CC(=O)N(Cc2ccccc2F)c2ccc3ccccc3c21. The third-order valence-electron chi connectivity index (χ3n) is 6.07. The fraction of sp³-hybridized carbons (Fsp3) is 0.148. The van der Waals surface area contributed by atoms with Gasteiger partial charge in [0.1, 0.15) is 11.6 Å². The molecule has 0 saturated carbocycles. The van der Waals surface area contributed by atoms with E-state index >= 15 is 0 Å². The molecule has 0 saturated heterocycles. The Labute approximate surface area is 180 Å². The largest absolute Gasteiger partial charge is 0.496 e. The minimum Gasteiger partial charge on any atom is -0.496 e. The van der Waals surface area contributed by atoms with E-state index < -0.39 is 0 Å². The molecule has 4 aromatic carbocycles. The number of anilines is 1. The van der Waals surface area contributed by atoms with Crippen molar-refractivity contribution >= 4 is 22.4 Å². The predicted molar refractivity (Wildman–Crippen MR) is 121 cm³/mol. The molecule has 0 aliphatic carbocycles. The van der Waals surface area contributed by atoms with Crippen LogP contribution in [0.25, 0.3) is 10.8 Å². The number of benzene rings is 4. The minimum absolute atomic E-state index is 0.0260. The Morgan fingerprint density at radius 3 is 2.52 bits per heavy atom. The second-order valence-electron chi connectivity index (χ2n) is 7.79. The second kappa shape index (κ2) is 7.88. The average molecular weight is 411 g/mol. The van der Waals surface area contributed by atoms with Crippen molar-refractivity contribution in [3.63, 3.8) is 0 Å². The zero-order valence-corrected chi connectivity index (χ0v) is 17.2. The molecule has 1 amide bonds. The van der Waals surface area contributed by atoms with Gasteiger partial charge in [-0.1, -0.05) is 66.7 Å². The Hall–Kier alpha value is -3.66. The maximum atomic E-state index is 14.4. The van der Waals surface area contributed by atoms with Crippen LogP contribution in [0.15, 0.2) is 84.9 Å². The lowest BCUT2D eigenvalue weighted by atomic mass is 9.80. The van der Waals surface area contributed by atoms with Crippen molar-refractivity contribution in [3.05, 3.63) is 107 Å². The molecular weight excluding hydrogens is 389 g/mol. The van der Waals surface area contributed by atoms with Gasteiger partial charge in [0.05, 0.1) is 13.7 Å². The highest BCUT2D eigenvalue weighted by atomic mass is 19.1. The van der Waals surface area contributed by atoms with Crippen LogP contribution in [0.3, 0.4) is 0 Å². The van der Waals surface area contributed by atoms with E-state index in [1.165, 1.54) is 6.07 Å². The highest BCUT2D eigenvalue weighted by molar-refractivity contribution is 6.03. The van der Waals surface area contributed by atoms with Gasteiger partial charge in [0.2, 0.25) is 5.91 Å². The Balaban J connectivity index is 1.71. The zero-order chi connectivity index (χ0) is 21.4. The van der Waals surface area contributed by atoms with E-state index in [4.69, 9.17) is 4.74 Å². The topological polar surface area (TPSA) is 29.5 Å². The Morgan fingerprint density at radius 2 is 1.68 bits per heavy atom. The molecule has 5 rings (SSSR count). The average Bonchev–Trinajstić information content (AvgIpc) is 2.81. The van der Waals surface area contributed by atoms with Gasteiger partial charge in [0, 0.05) is 29.2 Å². The quantitative estimate of drug-likeness (QED) is 0.409. The number of hydrogen-bond acceptors (Lipinski definition) is 2. The summed E-state index contributed by atoms with van der Waals surface area (Å²) in [5, 5.41) is 2.21. The minimum atomic E-state index is -0.301. The van der Waals surface area contributed by atoms with Gasteiger partial charge in [-0.2, -0.15) is 0 Å². The molecule has 1 aliphatic heterocycles. The smallest absolute Gasteiger partial charge is 0.228 e. The van der Waals surface area contributed by atoms with Crippen LogP contribution in [0.1, 0.15) is 29.0 Å². The number of carbonyl (C=O) groups excluding carboxylic acids is 1. The van der Waals surface area contributed by atoms with Crippen LogP contribution in [-0.2, 0) is 11.3 Å². The first-order chi connectivity index (χ1) is 15.2. The summed E-state index contributed by atoms with van der Waals surface area (Å²) in [6, 6.07) is 26.7. The maximum absolute atomic E-state index is 14.4. The van der Waals surface area contributed by atoms with Crippen LogP contribution in [0, 0.1) is 5.82 Å². The van der Waals surface area contributed by atoms with E-state index in [9.17, 15) is 9.18 Å². The molecule has 0 aromatic heterocycles. The highest BCUT2D eigenvalue weighted by Crippen LogP contribution is 2.46. The maximum Gasteiger partial charge on any atom is 0.228 e. The lowest BCUT2D eigenvalue weighted by molar-refractivity contribution is -0.119. The summed E-state index contributed by atoms with van der Waals surface area (Å²) >= 11 is 0. The Kier molecular flexibility index (Phi) is 4.91. The Morgan fingerprint density at radius 1 is 0.935 bits per heavy atom. The molecule has 1 atom stereocenters. The van der Waals surface area contributed by atoms with Crippen molar-refractivity contribution in [1.82, 2.24) is 0 Å². The van der Waals surface area contributed by atoms with Crippen molar-refractivity contribution in [2.24, 2.45) is 0 Å². The number of ether oxygens (including phenoxy) is 1. The van der Waals surface area contributed by atoms with Crippen LogP contribution in [0.4, 0.5) is 10.1 Å². The lowest BCUT2D eigenvalue weighted by Crippen LogP contribution is -2.37. The van der Waals surface area contributed by atoms with E-state index in [-0.39, 0.29) is 24.2 Å². The summed E-state index contributed by atoms with van der Waals surface area (Å²) in [6.07, 6.45) is 0.301. The van der Waals surface area contributed by atoms with Gasteiger partial charge in [0.15, 0.2) is 0 Å². The summed E-state index contributed by atoms with van der Waals surface area (Å²) in [5.41, 5.74) is 3.40. The van der Waals surface area contributed by atoms with Gasteiger partial charge in [-0.25, -0.2) is 4.39 Å². The van der Waals surface area contributed by atoms with Crippen molar-refractivity contribution in [1.29, 1.82) is 0 Å². The number of carbonyl (C=O) groups is 1. The molecule has 0 spiro atoms. The Bertz CT molecular complexity index is 1280. The van der Waals surface area contributed by atoms with Gasteiger partial charge in [-0.05, 0) is 34.5 Å². The first-order valence-corrected chi connectivity index (χ1v) is 10.4. The number of halogens is 1. The summed E-state index contributed by atoms with van der Waals surface area (Å²) in [6.45, 7) is 0.204. The summed E-state index contributed by atoms with van der Waals surface area (Å²) in [4.78, 5) is 15.1. The molecule has 154 valence electrons. The van der Waals surface area contributed by atoms with Crippen LogP contribution in [0.5, 0.6) is 5.75 Å². The van der Waals surface area contributed by atoms with Gasteiger partial charge in [0.25, 0.3) is 0 Å². The van der Waals surface area contributed by atoms with Crippen LogP contribution in [-0.4, -0.2) is 13.0 Å². The molecule has 1 heterocycles. The standard InChI is InChI=1S/C27H22FNO2/c1-31-25-13-7-5-11-21(25)22-16-26(30)29(17-19-9-3-6-12-23(19)28)24-15-14-18-8-2-4-10-20(18)27(22)24/h2-15,22H,16-17H2,1H3. The van der Waals surface area contributed by atoms with Crippen LogP contribution < -0.4 is 9.64 Å². The molecule has 0 N–H and O–H groups in total. The number of hydrogen-bond donors (Lipinski definition) is 0. The third kappa shape index (κ3) is 3.34. The van der Waals surface area contributed by atoms with Crippen molar-refractivity contribution in [2.45, 2.75) is 18.9 Å². The monoisotopic (exact) mass is 411 g/mol. The molecule has 0 fully saturated rings. The highest BCUT2D eigenvalue weighted by Gasteiger charge is 2.35. The van der Waals surface area contributed by atoms with E-state index in [0.29, 0.717) is 12.0 Å². The predicted octanol–water partition coefficient (Wildman–Crippen LogP) is 6.06. The first kappa shape index (κ1) is 19.3. The van der Waals surface area contributed by atoms with Gasteiger partial charge in [-0.15, -0.1) is 0 Å². The van der Waals surface area contributed by atoms with Crippen LogP contribution in [0.2, 0.25) is 0 Å². The number of fused-ring (bicyclic) bond motifs is 3.